The number of esters is 1. The van der Waals surface area contributed by atoms with Gasteiger partial charge < -0.3 is 29.1 Å². The van der Waals surface area contributed by atoms with Crippen LogP contribution in [0.25, 0.3) is 5.76 Å². The predicted octanol–water partition coefficient (Wildman–Crippen LogP) is 3.27. The van der Waals surface area contributed by atoms with Crippen molar-refractivity contribution in [1.82, 2.24) is 9.80 Å². The second kappa shape index (κ2) is 10.8. The summed E-state index contributed by atoms with van der Waals surface area (Å²) >= 11 is 6.28. The van der Waals surface area contributed by atoms with Crippen LogP contribution in [0.2, 0.25) is 5.02 Å². The van der Waals surface area contributed by atoms with Gasteiger partial charge in [-0.1, -0.05) is 23.7 Å². The molecule has 1 fully saturated rings. The first-order valence-corrected chi connectivity index (χ1v) is 11.1. The third-order valence-corrected chi connectivity index (χ3v) is 5.81. The van der Waals surface area contributed by atoms with E-state index in [4.69, 9.17) is 25.8 Å². The third-order valence-electron chi connectivity index (χ3n) is 5.51. The highest BCUT2D eigenvalue weighted by Crippen LogP contribution is 2.43. The summed E-state index contributed by atoms with van der Waals surface area (Å²) in [4.78, 5) is 40.8. The van der Waals surface area contributed by atoms with Gasteiger partial charge in [0.2, 0.25) is 0 Å². The summed E-state index contributed by atoms with van der Waals surface area (Å²) in [5, 5.41) is 11.5. The lowest BCUT2D eigenvalue weighted by atomic mass is 9.95. The number of carbonyl (C=O) groups is 3. The van der Waals surface area contributed by atoms with E-state index in [1.165, 1.54) is 38.2 Å². The molecule has 1 aliphatic heterocycles. The van der Waals surface area contributed by atoms with Gasteiger partial charge >= 0.3 is 5.97 Å². The molecule has 1 heterocycles. The number of aliphatic hydroxyl groups excluding tert-OH is 1. The van der Waals surface area contributed by atoms with Crippen molar-refractivity contribution in [2.24, 2.45) is 0 Å². The molecule has 0 radical (unpaired) electrons. The van der Waals surface area contributed by atoms with Gasteiger partial charge in [-0.3, -0.25) is 14.4 Å². The number of Topliss-reactive ketones (excluding diaryl/α,β-unsaturated/α-hetero) is 1. The topological polar surface area (TPSA) is 106 Å². The quantitative estimate of drug-likeness (QED) is 0.193. The van der Waals surface area contributed by atoms with Crippen LogP contribution < -0.4 is 14.2 Å². The van der Waals surface area contributed by atoms with Crippen LogP contribution in [-0.2, 0) is 14.4 Å². The first kappa shape index (κ1) is 26.1. The Morgan fingerprint density at radius 2 is 1.71 bits per heavy atom. The molecule has 1 saturated heterocycles. The van der Waals surface area contributed by atoms with Crippen molar-refractivity contribution in [2.75, 3.05) is 41.4 Å². The fourth-order valence-electron chi connectivity index (χ4n) is 3.84. The molecule has 3 rings (SSSR count). The zero-order valence-electron chi connectivity index (χ0n) is 20.1. The Morgan fingerprint density at radius 3 is 2.26 bits per heavy atom. The van der Waals surface area contributed by atoms with Gasteiger partial charge in [0.05, 0.1) is 36.4 Å². The number of amides is 1. The van der Waals surface area contributed by atoms with Crippen LogP contribution in [0.1, 0.15) is 24.1 Å². The molecule has 0 saturated carbocycles. The number of nitrogens with zero attached hydrogens (tertiary/aromatic N) is 2. The second-order valence-electron chi connectivity index (χ2n) is 8.15. The lowest BCUT2D eigenvalue weighted by molar-refractivity contribution is -0.140. The zero-order valence-corrected chi connectivity index (χ0v) is 20.9. The molecular formula is C25H27ClN2O7. The van der Waals surface area contributed by atoms with Crippen molar-refractivity contribution in [1.29, 1.82) is 0 Å². The lowest BCUT2D eigenvalue weighted by Gasteiger charge is -2.26. The molecule has 10 heteroatoms. The van der Waals surface area contributed by atoms with Gasteiger partial charge in [0.25, 0.3) is 11.7 Å². The van der Waals surface area contributed by atoms with Crippen LogP contribution >= 0.6 is 11.6 Å². The van der Waals surface area contributed by atoms with Crippen molar-refractivity contribution in [3.63, 3.8) is 0 Å². The Balaban J connectivity index is 2.19. The largest absolute Gasteiger partial charge is 0.507 e. The standard InChI is InChI=1S/C25H27ClN2O7/c1-14(29)35-16-8-6-15(7-9-16)22-21(24(31)25(32)28(22)11-10-27(2)3)23(30)17-12-18(26)20(34-5)13-19(17)33-4/h6-9,12-13,22,30H,10-11H2,1-5H3/b23-21+. The fourth-order valence-corrected chi connectivity index (χ4v) is 4.08. The van der Waals surface area contributed by atoms with Crippen LogP contribution in [0, 0.1) is 0 Å². The zero-order chi connectivity index (χ0) is 25.9. The normalized spacial score (nSPS) is 17.1. The summed E-state index contributed by atoms with van der Waals surface area (Å²) in [6.45, 7) is 2.02. The molecule has 0 aromatic heterocycles. The molecule has 0 aliphatic carbocycles. The summed E-state index contributed by atoms with van der Waals surface area (Å²) in [6.07, 6.45) is 0. The Labute approximate surface area is 208 Å². The van der Waals surface area contributed by atoms with Crippen LogP contribution in [0.15, 0.2) is 42.0 Å². The number of ether oxygens (including phenoxy) is 3. The van der Waals surface area contributed by atoms with E-state index in [-0.39, 0.29) is 28.5 Å². The average Bonchev–Trinajstić information content (AvgIpc) is 3.07. The first-order valence-electron chi connectivity index (χ1n) is 10.7. The van der Waals surface area contributed by atoms with Gasteiger partial charge in [-0.05, 0) is 37.9 Å². The van der Waals surface area contributed by atoms with Gasteiger partial charge in [-0.2, -0.15) is 0 Å². The van der Waals surface area contributed by atoms with Crippen molar-refractivity contribution in [3.8, 4) is 17.2 Å². The van der Waals surface area contributed by atoms with Crippen molar-refractivity contribution < 1.29 is 33.7 Å². The Morgan fingerprint density at radius 1 is 1.09 bits per heavy atom. The second-order valence-corrected chi connectivity index (χ2v) is 8.55. The highest BCUT2D eigenvalue weighted by molar-refractivity contribution is 6.46. The maximum atomic E-state index is 13.2. The molecule has 0 spiro atoms. The Kier molecular flexibility index (Phi) is 8.03. The third kappa shape index (κ3) is 5.41. The van der Waals surface area contributed by atoms with Crippen LogP contribution in [0.3, 0.4) is 0 Å². The van der Waals surface area contributed by atoms with Crippen LogP contribution in [0.5, 0.6) is 17.2 Å². The minimum absolute atomic E-state index is 0.103. The minimum Gasteiger partial charge on any atom is -0.507 e. The molecule has 9 nitrogen and oxygen atoms in total. The van der Waals surface area contributed by atoms with Crippen LogP contribution in [-0.4, -0.2) is 74.0 Å². The van der Waals surface area contributed by atoms with Crippen molar-refractivity contribution >= 4 is 35.0 Å². The lowest BCUT2D eigenvalue weighted by Crippen LogP contribution is -2.35. The van der Waals surface area contributed by atoms with E-state index in [9.17, 15) is 19.5 Å². The van der Waals surface area contributed by atoms with Crippen LogP contribution in [0.4, 0.5) is 0 Å². The van der Waals surface area contributed by atoms with E-state index >= 15 is 0 Å². The number of ketones is 1. The molecule has 1 aliphatic rings. The summed E-state index contributed by atoms with van der Waals surface area (Å²) in [5.41, 5.74) is 0.595. The number of halogens is 1. The van der Waals surface area contributed by atoms with E-state index in [0.29, 0.717) is 23.6 Å². The summed E-state index contributed by atoms with van der Waals surface area (Å²) < 4.78 is 15.7. The molecule has 1 amide bonds. The molecule has 2 aromatic carbocycles. The summed E-state index contributed by atoms with van der Waals surface area (Å²) in [7, 11) is 6.55. The number of methoxy groups -OCH3 is 2. The molecule has 0 bridgehead atoms. The molecule has 1 atom stereocenters. The first-order chi connectivity index (χ1) is 16.6. The highest BCUT2D eigenvalue weighted by Gasteiger charge is 2.46. The Bertz CT molecular complexity index is 1180. The smallest absolute Gasteiger partial charge is 0.308 e. The summed E-state index contributed by atoms with van der Waals surface area (Å²) in [6, 6.07) is 8.44. The molecule has 35 heavy (non-hydrogen) atoms. The number of hydrogen-bond donors (Lipinski definition) is 1. The molecule has 1 N–H and O–H groups in total. The monoisotopic (exact) mass is 502 g/mol. The van der Waals surface area contributed by atoms with E-state index in [1.54, 1.807) is 24.3 Å². The van der Waals surface area contributed by atoms with E-state index < -0.39 is 29.5 Å². The number of rotatable bonds is 8. The van der Waals surface area contributed by atoms with Gasteiger partial charge in [-0.25, -0.2) is 0 Å². The number of benzene rings is 2. The fraction of sp³-hybridized carbons (Fsp3) is 0.320. The van der Waals surface area contributed by atoms with E-state index in [0.717, 1.165) is 0 Å². The van der Waals surface area contributed by atoms with Gasteiger partial charge in [0, 0.05) is 26.1 Å². The SMILES string of the molecule is COc1cc(OC)c(/C(O)=C2\C(=O)C(=O)N(CCN(C)C)C2c2ccc(OC(C)=O)cc2)cc1Cl. The number of likely N-dealkylation sites (N-methyl/N-ethyl adjacent to an activating group) is 1. The minimum atomic E-state index is -0.882. The average molecular weight is 503 g/mol. The highest BCUT2D eigenvalue weighted by atomic mass is 35.5. The molecule has 1 unspecified atom stereocenters. The predicted molar refractivity (Wildman–Crippen MR) is 130 cm³/mol. The Hall–Kier alpha value is -3.56. The number of likely N-dealkylation sites (tertiary alicyclic amines) is 1. The van der Waals surface area contributed by atoms with Gasteiger partial charge in [-0.15, -0.1) is 0 Å². The molecule has 186 valence electrons. The number of carbonyl (C=O) groups excluding carboxylic acids is 3. The van der Waals surface area contributed by atoms with Crippen molar-refractivity contribution in [2.45, 2.75) is 13.0 Å². The number of aliphatic hydroxyl groups is 1. The van der Waals surface area contributed by atoms with Crippen molar-refractivity contribution in [3.05, 3.63) is 58.1 Å². The molecular weight excluding hydrogens is 476 g/mol. The maximum Gasteiger partial charge on any atom is 0.308 e. The maximum absolute atomic E-state index is 13.2. The van der Waals surface area contributed by atoms with Gasteiger partial charge in [0.1, 0.15) is 23.0 Å². The van der Waals surface area contributed by atoms with Gasteiger partial charge in [0.15, 0.2) is 0 Å². The van der Waals surface area contributed by atoms with E-state index in [2.05, 4.69) is 0 Å². The molecule has 2 aromatic rings. The van der Waals surface area contributed by atoms with E-state index in [1.807, 2.05) is 19.0 Å². The summed E-state index contributed by atoms with van der Waals surface area (Å²) in [5.74, 6) is -1.61. The number of hydrogen-bond acceptors (Lipinski definition) is 8.